The van der Waals surface area contributed by atoms with Crippen LogP contribution < -0.4 is 14.8 Å². The molecule has 10 heteroatoms. The molecule has 1 aromatic heterocycles. The zero-order chi connectivity index (χ0) is 28.1. The van der Waals surface area contributed by atoms with Gasteiger partial charge in [-0.15, -0.1) is 12.4 Å². The van der Waals surface area contributed by atoms with Crippen LogP contribution in [0.3, 0.4) is 0 Å². The number of rotatable bonds is 6. The van der Waals surface area contributed by atoms with Gasteiger partial charge in [0.25, 0.3) is 5.91 Å². The number of carbonyl (C=O) groups excluding carboxylic acids is 1. The summed E-state index contributed by atoms with van der Waals surface area (Å²) in [5.41, 5.74) is 4.04. The molecule has 0 bridgehead atoms. The predicted octanol–water partition coefficient (Wildman–Crippen LogP) is 6.39. The Morgan fingerprint density at radius 1 is 1.12 bits per heavy atom. The van der Waals surface area contributed by atoms with Crippen LogP contribution in [0.4, 0.5) is 5.69 Å². The zero-order valence-corrected chi connectivity index (χ0v) is 24.5. The van der Waals surface area contributed by atoms with Crippen molar-refractivity contribution >= 4 is 47.3 Å². The summed E-state index contributed by atoms with van der Waals surface area (Å²) < 4.78 is 12.3. The predicted molar refractivity (Wildman–Crippen MR) is 157 cm³/mol. The molecule has 0 saturated carbocycles. The Balaban J connectivity index is 0.00000370. The highest BCUT2D eigenvalue weighted by molar-refractivity contribution is 6.29. The Labute approximate surface area is 244 Å². The molecule has 210 valence electrons. The van der Waals surface area contributed by atoms with Gasteiger partial charge in [-0.1, -0.05) is 17.7 Å². The zero-order valence-electron chi connectivity index (χ0n) is 22.9. The van der Waals surface area contributed by atoms with Crippen LogP contribution in [0.5, 0.6) is 11.5 Å². The van der Waals surface area contributed by atoms with Crippen LogP contribution in [0.15, 0.2) is 47.6 Å². The molecule has 3 heterocycles. The molecular weight excluding hydrogens is 553 g/mol. The highest BCUT2D eigenvalue weighted by Gasteiger charge is 2.40. The lowest BCUT2D eigenvalue weighted by atomic mass is 9.80. The molecule has 3 aromatic rings. The highest BCUT2D eigenvalue weighted by Crippen LogP contribution is 2.48. The van der Waals surface area contributed by atoms with Crippen molar-refractivity contribution in [2.24, 2.45) is 4.99 Å². The van der Waals surface area contributed by atoms with Gasteiger partial charge in [0.15, 0.2) is 11.5 Å². The minimum Gasteiger partial charge on any atom is -0.490 e. The molecule has 2 aliphatic heterocycles. The third kappa shape index (κ3) is 5.64. The third-order valence-electron chi connectivity index (χ3n) is 6.74. The molecule has 0 aliphatic carbocycles. The van der Waals surface area contributed by atoms with E-state index in [4.69, 9.17) is 26.1 Å². The van der Waals surface area contributed by atoms with Gasteiger partial charge in [0.1, 0.15) is 10.8 Å². The molecule has 0 radical (unpaired) electrons. The number of carbonyl (C=O) groups is 2. The summed E-state index contributed by atoms with van der Waals surface area (Å²) in [5.74, 6) is -0.215. The molecule has 0 saturated heterocycles. The van der Waals surface area contributed by atoms with Crippen LogP contribution in [0.25, 0.3) is 0 Å². The Bertz CT molecular complexity index is 1550. The van der Waals surface area contributed by atoms with Gasteiger partial charge in [-0.2, -0.15) is 0 Å². The van der Waals surface area contributed by atoms with Gasteiger partial charge in [0.05, 0.1) is 29.1 Å². The van der Waals surface area contributed by atoms with Crippen molar-refractivity contribution in [1.29, 1.82) is 0 Å². The van der Waals surface area contributed by atoms with Crippen molar-refractivity contribution < 1.29 is 24.2 Å². The second kappa shape index (κ2) is 10.7. The largest absolute Gasteiger partial charge is 0.490 e. The van der Waals surface area contributed by atoms with E-state index in [-0.39, 0.29) is 34.4 Å². The van der Waals surface area contributed by atoms with E-state index in [1.54, 1.807) is 12.1 Å². The summed E-state index contributed by atoms with van der Waals surface area (Å²) in [6, 6.07) is 9.86. The number of carboxylic acid groups (broad SMARTS) is 1. The average molecular weight is 584 g/mol. The first-order valence-corrected chi connectivity index (χ1v) is 13.2. The molecule has 1 amide bonds. The fourth-order valence-corrected chi connectivity index (χ4v) is 5.43. The number of amides is 1. The van der Waals surface area contributed by atoms with Gasteiger partial charge >= 0.3 is 5.97 Å². The lowest BCUT2D eigenvalue weighted by Gasteiger charge is -2.31. The lowest BCUT2D eigenvalue weighted by molar-refractivity contribution is 0.0698. The van der Waals surface area contributed by atoms with Crippen molar-refractivity contribution in [3.05, 3.63) is 81.1 Å². The first-order valence-electron chi connectivity index (χ1n) is 12.8. The van der Waals surface area contributed by atoms with E-state index in [1.165, 1.54) is 24.4 Å². The molecule has 0 fully saturated rings. The number of ether oxygens (including phenoxy) is 2. The van der Waals surface area contributed by atoms with Crippen molar-refractivity contribution in [3.63, 3.8) is 0 Å². The standard InChI is InChI=1S/C30H30ClN3O5.ClH/c1-6-38-22-12-18-14-29(2,3)34-25(24(18)20-15-30(4,5)39-26(20)22)16-7-8-19(28(36)37)21(11-16)33-27(35)17-9-10-32-23(31)13-17;/h7-13H,6,14-15H2,1-5H3,(H,33,35)(H,36,37);1H. The summed E-state index contributed by atoms with van der Waals surface area (Å²) in [7, 11) is 0. The minimum atomic E-state index is -1.16. The number of aliphatic imine (C=N–C) groups is 1. The lowest BCUT2D eigenvalue weighted by Crippen LogP contribution is -2.31. The number of benzene rings is 2. The van der Waals surface area contributed by atoms with Crippen LogP contribution >= 0.6 is 24.0 Å². The average Bonchev–Trinajstić information content (AvgIpc) is 3.18. The Morgan fingerprint density at radius 2 is 1.88 bits per heavy atom. The molecular formula is C30H31Cl2N3O5. The maximum absolute atomic E-state index is 13.0. The van der Waals surface area contributed by atoms with E-state index in [0.29, 0.717) is 25.0 Å². The monoisotopic (exact) mass is 583 g/mol. The van der Waals surface area contributed by atoms with Crippen LogP contribution in [-0.2, 0) is 12.8 Å². The summed E-state index contributed by atoms with van der Waals surface area (Å²) in [5, 5.41) is 12.8. The van der Waals surface area contributed by atoms with Crippen LogP contribution in [0.1, 0.15) is 77.6 Å². The van der Waals surface area contributed by atoms with E-state index >= 15 is 0 Å². The van der Waals surface area contributed by atoms with E-state index in [2.05, 4.69) is 24.1 Å². The van der Waals surface area contributed by atoms with Crippen molar-refractivity contribution in [2.75, 3.05) is 11.9 Å². The topological polar surface area (TPSA) is 110 Å². The Morgan fingerprint density at radius 3 is 2.55 bits per heavy atom. The second-order valence-electron chi connectivity index (χ2n) is 11.0. The van der Waals surface area contributed by atoms with Gasteiger partial charge in [-0.25, -0.2) is 9.78 Å². The molecule has 2 aliphatic rings. The van der Waals surface area contributed by atoms with E-state index in [1.807, 2.05) is 26.8 Å². The maximum Gasteiger partial charge on any atom is 0.337 e. The van der Waals surface area contributed by atoms with Gasteiger partial charge in [-0.3, -0.25) is 9.79 Å². The van der Waals surface area contributed by atoms with E-state index < -0.39 is 23.0 Å². The number of hydrogen-bond donors (Lipinski definition) is 2. The number of aromatic nitrogens is 1. The first-order chi connectivity index (χ1) is 18.4. The van der Waals surface area contributed by atoms with Gasteiger partial charge in [0, 0.05) is 34.9 Å². The fraction of sp³-hybridized carbons (Fsp3) is 0.333. The SMILES string of the molecule is CCOc1cc2c(c3c1OC(C)(C)C3)C(c1ccc(C(=O)O)c(NC(=O)c3ccnc(Cl)c3)c1)=NC(C)(C)C2.Cl. The molecule has 8 nitrogen and oxygen atoms in total. The number of fused-ring (bicyclic) bond motifs is 3. The number of aromatic carboxylic acids is 1. The minimum absolute atomic E-state index is 0. The highest BCUT2D eigenvalue weighted by atomic mass is 35.5. The van der Waals surface area contributed by atoms with Crippen molar-refractivity contribution in [2.45, 2.75) is 58.6 Å². The Hall–Kier alpha value is -3.62. The van der Waals surface area contributed by atoms with Crippen LogP contribution in [-0.4, -0.2) is 45.4 Å². The molecule has 2 aromatic carbocycles. The number of hydrogen-bond acceptors (Lipinski definition) is 6. The normalized spacial score (nSPS) is 16.0. The molecule has 0 unspecified atom stereocenters. The quantitative estimate of drug-likeness (QED) is 0.325. The van der Waals surface area contributed by atoms with Crippen LogP contribution in [0.2, 0.25) is 5.15 Å². The molecule has 2 N–H and O–H groups in total. The second-order valence-corrected chi connectivity index (χ2v) is 11.4. The van der Waals surface area contributed by atoms with Crippen molar-refractivity contribution in [3.8, 4) is 11.5 Å². The van der Waals surface area contributed by atoms with E-state index in [0.717, 1.165) is 33.9 Å². The molecule has 40 heavy (non-hydrogen) atoms. The van der Waals surface area contributed by atoms with Crippen molar-refractivity contribution in [1.82, 2.24) is 4.98 Å². The van der Waals surface area contributed by atoms with Gasteiger partial charge < -0.3 is 19.9 Å². The summed E-state index contributed by atoms with van der Waals surface area (Å²) in [4.78, 5) is 34.1. The number of carboxylic acids is 1. The van der Waals surface area contributed by atoms with Gasteiger partial charge in [-0.05, 0) is 76.9 Å². The number of halogens is 2. The smallest absolute Gasteiger partial charge is 0.337 e. The summed E-state index contributed by atoms with van der Waals surface area (Å²) in [6.07, 6.45) is 2.80. The molecule has 5 rings (SSSR count). The summed E-state index contributed by atoms with van der Waals surface area (Å²) >= 11 is 5.95. The Kier molecular flexibility index (Phi) is 7.89. The van der Waals surface area contributed by atoms with Crippen LogP contribution in [0, 0.1) is 0 Å². The number of nitrogens with one attached hydrogen (secondary N) is 1. The maximum atomic E-state index is 13.0. The number of anilines is 1. The fourth-order valence-electron chi connectivity index (χ4n) is 5.26. The number of nitrogens with zero attached hydrogens (tertiary/aromatic N) is 2. The van der Waals surface area contributed by atoms with Gasteiger partial charge in [0.2, 0.25) is 0 Å². The van der Waals surface area contributed by atoms with E-state index in [9.17, 15) is 14.7 Å². The molecule has 0 spiro atoms. The molecule has 0 atom stereocenters. The third-order valence-corrected chi connectivity index (χ3v) is 6.95. The first kappa shape index (κ1) is 29.4. The summed E-state index contributed by atoms with van der Waals surface area (Å²) in [6.45, 7) is 10.7. The number of pyridine rings is 1.